The van der Waals surface area contributed by atoms with E-state index in [0.717, 1.165) is 45.2 Å². The van der Waals surface area contributed by atoms with Gasteiger partial charge in [-0.2, -0.15) is 11.2 Å². The van der Waals surface area contributed by atoms with Crippen LogP contribution in [0.25, 0.3) is 28.0 Å². The number of unbranched alkanes of at least 4 members (excludes halogenated alkanes) is 3. The number of carbonyl (C=O) groups is 1. The zero-order valence-corrected chi connectivity index (χ0v) is 23.7. The molecular weight excluding hydrogens is 553 g/mol. The van der Waals surface area contributed by atoms with Crippen LogP contribution in [-0.2, 0) is 9.63 Å². The molecule has 2 aromatic heterocycles. The van der Waals surface area contributed by atoms with Crippen LogP contribution in [0.15, 0.2) is 48.8 Å². The third kappa shape index (κ3) is 6.69. The van der Waals surface area contributed by atoms with Crippen molar-refractivity contribution in [2.75, 3.05) is 24.6 Å². The Kier molecular flexibility index (Phi) is 9.34. The fraction of sp³-hybridized carbons (Fsp3) is 0.355. The molecule has 0 spiro atoms. The van der Waals surface area contributed by atoms with Crippen molar-refractivity contribution in [2.24, 2.45) is 11.6 Å². The number of aromatic hydroxyl groups is 1. The monoisotopic (exact) mass is 587 g/mol. The Hall–Kier alpha value is -4.73. The standard InChI is InChI=1S/C31H34FN7O4/c32-24-17-21(6-7-22(24)19-33)29-28(30-36-12-15-39(30)31(37-29)38-13-10-23(34)11-14-38)20-8-9-26(25(40)18-20)42-16-4-2-1-3-5-27(41)43-35/h6-9,12,15,17-18,23,40H,1-5,10-11,13-14,16,34-35H2. The van der Waals surface area contributed by atoms with Crippen molar-refractivity contribution in [3.8, 4) is 40.0 Å². The van der Waals surface area contributed by atoms with Crippen LogP contribution in [0.1, 0.15) is 50.5 Å². The van der Waals surface area contributed by atoms with E-state index in [1.54, 1.807) is 24.4 Å². The molecule has 0 aliphatic carbocycles. The fourth-order valence-corrected chi connectivity index (χ4v) is 5.28. The first kappa shape index (κ1) is 29.8. The van der Waals surface area contributed by atoms with Gasteiger partial charge in [0.15, 0.2) is 11.5 Å². The van der Waals surface area contributed by atoms with Gasteiger partial charge in [-0.15, -0.1) is 0 Å². The molecule has 2 aromatic carbocycles. The molecule has 1 saturated heterocycles. The number of fused-ring (bicyclic) bond motifs is 1. The highest BCUT2D eigenvalue weighted by molar-refractivity contribution is 5.91. The lowest BCUT2D eigenvalue weighted by atomic mass is 9.98. The van der Waals surface area contributed by atoms with Gasteiger partial charge >= 0.3 is 5.97 Å². The van der Waals surface area contributed by atoms with Crippen molar-refractivity contribution < 1.29 is 23.9 Å². The molecular formula is C31H34FN7O4. The maximum absolute atomic E-state index is 14.8. The number of imidazole rings is 1. The predicted molar refractivity (Wildman–Crippen MR) is 158 cm³/mol. The molecule has 1 aliphatic rings. The summed E-state index contributed by atoms with van der Waals surface area (Å²) in [6, 6.07) is 11.5. The van der Waals surface area contributed by atoms with Gasteiger partial charge in [-0.25, -0.2) is 14.4 Å². The second-order valence-corrected chi connectivity index (χ2v) is 10.6. The summed E-state index contributed by atoms with van der Waals surface area (Å²) in [6.07, 6.45) is 8.53. The summed E-state index contributed by atoms with van der Waals surface area (Å²) < 4.78 is 22.5. The number of benzene rings is 2. The zero-order chi connectivity index (χ0) is 30.3. The molecule has 1 aliphatic heterocycles. The van der Waals surface area contributed by atoms with Crippen LogP contribution in [0, 0.1) is 17.1 Å². The SMILES string of the molecule is N#Cc1ccc(-c2nc(N3CCC(N)CC3)n3ccnc3c2-c2ccc(OCCCCCCC(=O)ON)c(O)c2)cc1F. The molecule has 5 rings (SSSR count). The predicted octanol–water partition coefficient (Wildman–Crippen LogP) is 4.45. The van der Waals surface area contributed by atoms with Crippen molar-refractivity contribution in [3.63, 3.8) is 0 Å². The number of rotatable bonds is 11. The van der Waals surface area contributed by atoms with E-state index in [2.05, 4.69) is 14.7 Å². The van der Waals surface area contributed by atoms with Gasteiger partial charge in [0.2, 0.25) is 5.95 Å². The Morgan fingerprint density at radius 1 is 1.12 bits per heavy atom. The zero-order valence-electron chi connectivity index (χ0n) is 23.7. The minimum absolute atomic E-state index is 0.0565. The highest BCUT2D eigenvalue weighted by Crippen LogP contribution is 2.40. The van der Waals surface area contributed by atoms with E-state index in [4.69, 9.17) is 21.4 Å². The lowest BCUT2D eigenvalue weighted by Crippen LogP contribution is -2.40. The number of phenols is 1. The van der Waals surface area contributed by atoms with Gasteiger partial charge in [-0.3, -0.25) is 9.20 Å². The van der Waals surface area contributed by atoms with Gasteiger partial charge in [0, 0.05) is 43.5 Å². The van der Waals surface area contributed by atoms with E-state index in [-0.39, 0.29) is 23.8 Å². The number of nitriles is 1. The van der Waals surface area contributed by atoms with E-state index in [0.29, 0.717) is 52.8 Å². The molecule has 12 heteroatoms. The van der Waals surface area contributed by atoms with E-state index in [1.807, 2.05) is 22.7 Å². The number of nitrogens with zero attached hydrogens (tertiary/aromatic N) is 5. The lowest BCUT2D eigenvalue weighted by Gasteiger charge is -2.32. The first-order chi connectivity index (χ1) is 20.9. The number of piperidine rings is 1. The number of ether oxygens (including phenoxy) is 1. The fourth-order valence-electron chi connectivity index (χ4n) is 5.28. The molecule has 0 unspecified atom stereocenters. The Morgan fingerprint density at radius 2 is 1.88 bits per heavy atom. The summed E-state index contributed by atoms with van der Waals surface area (Å²) >= 11 is 0. The van der Waals surface area contributed by atoms with Gasteiger partial charge in [0.25, 0.3) is 0 Å². The van der Waals surface area contributed by atoms with Gasteiger partial charge in [0.1, 0.15) is 17.5 Å². The highest BCUT2D eigenvalue weighted by Gasteiger charge is 2.25. The summed E-state index contributed by atoms with van der Waals surface area (Å²) in [6.45, 7) is 1.83. The van der Waals surface area contributed by atoms with Crippen molar-refractivity contribution in [1.29, 1.82) is 5.26 Å². The van der Waals surface area contributed by atoms with E-state index in [1.165, 1.54) is 12.1 Å². The van der Waals surface area contributed by atoms with Crippen LogP contribution in [-0.4, -0.2) is 51.2 Å². The maximum Gasteiger partial charge on any atom is 0.324 e. The van der Waals surface area contributed by atoms with Crippen molar-refractivity contribution in [3.05, 3.63) is 60.2 Å². The number of anilines is 1. The average molecular weight is 588 g/mol. The first-order valence-electron chi connectivity index (χ1n) is 14.3. The molecule has 11 nitrogen and oxygen atoms in total. The number of nitrogens with two attached hydrogens (primary N) is 2. The van der Waals surface area contributed by atoms with E-state index >= 15 is 0 Å². The van der Waals surface area contributed by atoms with Crippen LogP contribution in [0.3, 0.4) is 0 Å². The van der Waals surface area contributed by atoms with Crippen molar-refractivity contribution in [2.45, 2.75) is 51.0 Å². The number of halogens is 1. The molecule has 0 radical (unpaired) electrons. The minimum Gasteiger partial charge on any atom is -0.504 e. The Bertz CT molecular complexity index is 1640. The van der Waals surface area contributed by atoms with Crippen LogP contribution in [0.2, 0.25) is 0 Å². The summed E-state index contributed by atoms with van der Waals surface area (Å²) in [5, 5.41) is 20.2. The van der Waals surface area contributed by atoms with Crippen LogP contribution < -0.4 is 21.3 Å². The smallest absolute Gasteiger partial charge is 0.324 e. The largest absolute Gasteiger partial charge is 0.504 e. The van der Waals surface area contributed by atoms with Crippen molar-refractivity contribution >= 4 is 17.6 Å². The summed E-state index contributed by atoms with van der Waals surface area (Å²) in [5.41, 5.74) is 8.84. The van der Waals surface area contributed by atoms with Gasteiger partial charge in [0.05, 0.1) is 23.4 Å². The molecule has 0 saturated carbocycles. The molecule has 5 N–H and O–H groups in total. The van der Waals surface area contributed by atoms with Gasteiger partial charge in [-0.1, -0.05) is 25.0 Å². The summed E-state index contributed by atoms with van der Waals surface area (Å²) in [5.74, 6) is 4.70. The Morgan fingerprint density at radius 3 is 2.60 bits per heavy atom. The number of aromatic nitrogens is 3. The highest BCUT2D eigenvalue weighted by atomic mass is 19.1. The average Bonchev–Trinajstić information content (AvgIpc) is 3.50. The number of phenolic OH excluding ortho intramolecular Hbond substituents is 1. The summed E-state index contributed by atoms with van der Waals surface area (Å²) in [4.78, 5) is 27.1. The second kappa shape index (κ2) is 13.5. The number of hydrogen-bond acceptors (Lipinski definition) is 10. The van der Waals surface area contributed by atoms with Crippen molar-refractivity contribution in [1.82, 2.24) is 14.4 Å². The summed E-state index contributed by atoms with van der Waals surface area (Å²) in [7, 11) is 0. The molecule has 1 fully saturated rings. The molecule has 4 aromatic rings. The third-order valence-electron chi connectivity index (χ3n) is 7.63. The second-order valence-electron chi connectivity index (χ2n) is 10.6. The quantitative estimate of drug-likeness (QED) is 0.169. The van der Waals surface area contributed by atoms with Crippen LogP contribution in [0.5, 0.6) is 11.5 Å². The lowest BCUT2D eigenvalue weighted by molar-refractivity contribution is -0.144. The maximum atomic E-state index is 14.8. The third-order valence-corrected chi connectivity index (χ3v) is 7.63. The molecule has 0 atom stereocenters. The number of carbonyl (C=O) groups excluding carboxylic acids is 1. The molecule has 0 bridgehead atoms. The van der Waals surface area contributed by atoms with E-state index < -0.39 is 11.8 Å². The Balaban J connectivity index is 1.45. The van der Waals surface area contributed by atoms with Gasteiger partial charge in [-0.05, 0) is 55.5 Å². The normalized spacial score (nSPS) is 13.7. The minimum atomic E-state index is -0.646. The first-order valence-corrected chi connectivity index (χ1v) is 14.3. The topological polar surface area (TPSA) is 165 Å². The Labute approximate surface area is 248 Å². The molecule has 0 amide bonds. The molecule has 3 heterocycles. The van der Waals surface area contributed by atoms with Gasteiger partial charge < -0.3 is 25.3 Å². The van der Waals surface area contributed by atoms with Crippen LogP contribution >= 0.6 is 0 Å². The van der Waals surface area contributed by atoms with E-state index in [9.17, 15) is 19.6 Å². The van der Waals surface area contributed by atoms with Crippen LogP contribution in [0.4, 0.5) is 10.3 Å². The number of hydrogen-bond donors (Lipinski definition) is 3. The molecule has 43 heavy (non-hydrogen) atoms. The molecule has 224 valence electrons.